The summed E-state index contributed by atoms with van der Waals surface area (Å²) >= 11 is 5.80. The molecule has 0 aromatic carbocycles. The quantitative estimate of drug-likeness (QED) is 0.745. The highest BCUT2D eigenvalue weighted by Gasteiger charge is 2.08. The van der Waals surface area contributed by atoms with E-state index < -0.39 is 5.97 Å². The number of carboxylic acid groups (broad SMARTS) is 1. The summed E-state index contributed by atoms with van der Waals surface area (Å²) in [5.74, 6) is -0.613. The second-order valence-electron chi connectivity index (χ2n) is 2.87. The number of anilines is 1. The van der Waals surface area contributed by atoms with E-state index in [4.69, 9.17) is 16.7 Å². The number of aromatic carboxylic acids is 1. The number of nitrogens with zero attached hydrogens (tertiary/aromatic N) is 2. The van der Waals surface area contributed by atoms with Crippen LogP contribution in [0.1, 0.15) is 10.4 Å². The number of rotatable bonds is 3. The van der Waals surface area contributed by atoms with E-state index in [0.29, 0.717) is 5.82 Å². The van der Waals surface area contributed by atoms with Crippen LogP contribution < -0.4 is 5.43 Å². The molecule has 1 heterocycles. The van der Waals surface area contributed by atoms with Crippen LogP contribution in [0.2, 0.25) is 5.02 Å². The van der Waals surface area contributed by atoms with Gasteiger partial charge in [0.2, 0.25) is 0 Å². The highest BCUT2D eigenvalue weighted by Crippen LogP contribution is 2.19. The van der Waals surface area contributed by atoms with Crippen molar-refractivity contribution in [1.82, 2.24) is 9.99 Å². The zero-order valence-corrected chi connectivity index (χ0v) is 8.54. The van der Waals surface area contributed by atoms with Crippen LogP contribution in [-0.2, 0) is 0 Å². The van der Waals surface area contributed by atoms with Crippen molar-refractivity contribution in [3.05, 3.63) is 22.8 Å². The first kappa shape index (κ1) is 10.7. The number of nitrogens with one attached hydrogen (secondary N) is 1. The highest BCUT2D eigenvalue weighted by atomic mass is 35.5. The van der Waals surface area contributed by atoms with Crippen LogP contribution in [0, 0.1) is 0 Å². The van der Waals surface area contributed by atoms with E-state index in [2.05, 4.69) is 10.4 Å². The van der Waals surface area contributed by atoms with Gasteiger partial charge in [0.1, 0.15) is 0 Å². The Morgan fingerprint density at radius 2 is 2.29 bits per heavy atom. The predicted octanol–water partition coefficient (Wildman–Crippen LogP) is 1.32. The first-order valence-corrected chi connectivity index (χ1v) is 4.21. The summed E-state index contributed by atoms with van der Waals surface area (Å²) < 4.78 is 0. The molecule has 0 spiro atoms. The van der Waals surface area contributed by atoms with Gasteiger partial charge in [0, 0.05) is 20.3 Å². The van der Waals surface area contributed by atoms with Crippen LogP contribution in [0.15, 0.2) is 12.3 Å². The van der Waals surface area contributed by atoms with Gasteiger partial charge in [-0.25, -0.2) is 14.8 Å². The lowest BCUT2D eigenvalue weighted by Gasteiger charge is -2.13. The Balaban J connectivity index is 2.95. The maximum absolute atomic E-state index is 10.6. The third-order valence-corrected chi connectivity index (χ3v) is 1.71. The van der Waals surface area contributed by atoms with Crippen LogP contribution in [0.25, 0.3) is 0 Å². The molecule has 0 radical (unpaired) electrons. The van der Waals surface area contributed by atoms with Gasteiger partial charge in [0.05, 0.1) is 10.6 Å². The van der Waals surface area contributed by atoms with E-state index in [1.54, 1.807) is 19.1 Å². The lowest BCUT2D eigenvalue weighted by Crippen LogP contribution is -2.20. The molecule has 0 fully saturated rings. The lowest BCUT2D eigenvalue weighted by atomic mass is 10.3. The predicted molar refractivity (Wildman–Crippen MR) is 53.5 cm³/mol. The summed E-state index contributed by atoms with van der Waals surface area (Å²) in [6, 6.07) is 1.35. The van der Waals surface area contributed by atoms with Crippen molar-refractivity contribution in [2.75, 3.05) is 19.5 Å². The minimum absolute atomic E-state index is 0.0688. The number of carboxylic acids is 1. The zero-order valence-electron chi connectivity index (χ0n) is 7.78. The Hall–Kier alpha value is -1.33. The third kappa shape index (κ3) is 2.58. The van der Waals surface area contributed by atoms with Crippen molar-refractivity contribution in [2.45, 2.75) is 0 Å². The van der Waals surface area contributed by atoms with Crippen molar-refractivity contribution in [1.29, 1.82) is 0 Å². The largest absolute Gasteiger partial charge is 0.478 e. The Bertz CT molecular complexity index is 354. The minimum atomic E-state index is -1.05. The molecule has 5 nitrogen and oxygen atoms in total. The number of hydrazine groups is 1. The monoisotopic (exact) mass is 215 g/mol. The number of carbonyl (C=O) groups is 1. The van der Waals surface area contributed by atoms with Crippen LogP contribution in [0.4, 0.5) is 5.82 Å². The van der Waals surface area contributed by atoms with Gasteiger partial charge in [-0.15, -0.1) is 0 Å². The number of halogens is 1. The molecule has 0 saturated carbocycles. The minimum Gasteiger partial charge on any atom is -0.478 e. The summed E-state index contributed by atoms with van der Waals surface area (Å²) in [7, 11) is 3.56. The summed E-state index contributed by atoms with van der Waals surface area (Å²) in [5, 5.41) is 10.6. The van der Waals surface area contributed by atoms with Gasteiger partial charge in [-0.2, -0.15) is 0 Å². The van der Waals surface area contributed by atoms with Crippen LogP contribution in [0.3, 0.4) is 0 Å². The molecular weight excluding hydrogens is 206 g/mol. The van der Waals surface area contributed by atoms with Crippen LogP contribution in [-0.4, -0.2) is 35.2 Å². The van der Waals surface area contributed by atoms with Crippen molar-refractivity contribution in [3.8, 4) is 0 Å². The average Bonchev–Trinajstić information content (AvgIpc) is 2.07. The SMILES string of the molecule is CN(C)Nc1ncc(C(=O)O)cc1Cl. The maximum atomic E-state index is 10.6. The normalized spacial score (nSPS) is 10.3. The number of pyridine rings is 1. The smallest absolute Gasteiger partial charge is 0.337 e. The van der Waals surface area contributed by atoms with E-state index in [1.165, 1.54) is 12.3 Å². The fourth-order valence-corrected chi connectivity index (χ4v) is 1.06. The molecule has 1 aromatic rings. The molecule has 0 saturated heterocycles. The summed E-state index contributed by atoms with van der Waals surface area (Å²) in [4.78, 5) is 14.4. The molecule has 0 aliphatic rings. The second kappa shape index (κ2) is 4.26. The number of hydrogen-bond acceptors (Lipinski definition) is 4. The molecule has 6 heteroatoms. The summed E-state index contributed by atoms with van der Waals surface area (Å²) in [6.45, 7) is 0. The Labute approximate surface area is 86.3 Å². The van der Waals surface area contributed by atoms with E-state index in [-0.39, 0.29) is 10.6 Å². The van der Waals surface area contributed by atoms with Gasteiger partial charge in [-0.3, -0.25) is 0 Å². The van der Waals surface area contributed by atoms with Gasteiger partial charge in [-0.1, -0.05) is 11.6 Å². The van der Waals surface area contributed by atoms with Gasteiger partial charge in [0.15, 0.2) is 5.82 Å². The highest BCUT2D eigenvalue weighted by molar-refractivity contribution is 6.33. The van der Waals surface area contributed by atoms with Crippen molar-refractivity contribution < 1.29 is 9.90 Å². The zero-order chi connectivity index (χ0) is 10.7. The molecule has 0 amide bonds. The van der Waals surface area contributed by atoms with Gasteiger partial charge in [0.25, 0.3) is 0 Å². The molecule has 0 aliphatic heterocycles. The number of aromatic nitrogens is 1. The molecule has 14 heavy (non-hydrogen) atoms. The second-order valence-corrected chi connectivity index (χ2v) is 3.27. The Morgan fingerprint density at radius 3 is 2.71 bits per heavy atom. The van der Waals surface area contributed by atoms with Gasteiger partial charge < -0.3 is 10.5 Å². The van der Waals surface area contributed by atoms with Crippen molar-refractivity contribution in [3.63, 3.8) is 0 Å². The van der Waals surface area contributed by atoms with E-state index >= 15 is 0 Å². The molecule has 0 aliphatic carbocycles. The van der Waals surface area contributed by atoms with Crippen LogP contribution in [0.5, 0.6) is 0 Å². The standard InChI is InChI=1S/C8H10ClN3O2/c1-12(2)11-7-6(9)3-5(4-10-7)8(13)14/h3-4H,1-2H3,(H,10,11)(H,13,14). The molecule has 2 N–H and O–H groups in total. The first-order valence-electron chi connectivity index (χ1n) is 3.83. The van der Waals surface area contributed by atoms with Crippen molar-refractivity contribution in [2.24, 2.45) is 0 Å². The van der Waals surface area contributed by atoms with E-state index in [9.17, 15) is 4.79 Å². The first-order chi connectivity index (χ1) is 6.50. The molecule has 0 unspecified atom stereocenters. The molecular formula is C8H10ClN3O2. The van der Waals surface area contributed by atoms with Crippen LogP contribution >= 0.6 is 11.6 Å². The lowest BCUT2D eigenvalue weighted by molar-refractivity contribution is 0.0696. The summed E-state index contributed by atoms with van der Waals surface area (Å²) in [6.07, 6.45) is 1.25. The van der Waals surface area contributed by atoms with Gasteiger partial charge >= 0.3 is 5.97 Å². The molecule has 76 valence electrons. The van der Waals surface area contributed by atoms with E-state index in [0.717, 1.165) is 0 Å². The molecule has 1 aromatic heterocycles. The molecule has 0 atom stereocenters. The topological polar surface area (TPSA) is 65.5 Å². The molecule has 1 rings (SSSR count). The van der Waals surface area contributed by atoms with Gasteiger partial charge in [-0.05, 0) is 6.07 Å². The Kier molecular flexibility index (Phi) is 3.27. The van der Waals surface area contributed by atoms with Crippen molar-refractivity contribution >= 4 is 23.4 Å². The summed E-state index contributed by atoms with van der Waals surface area (Å²) in [5.41, 5.74) is 2.91. The van der Waals surface area contributed by atoms with E-state index in [1.807, 2.05) is 0 Å². The fraction of sp³-hybridized carbons (Fsp3) is 0.250. The maximum Gasteiger partial charge on any atom is 0.337 e. The Morgan fingerprint density at radius 1 is 1.64 bits per heavy atom. The fourth-order valence-electron chi connectivity index (χ4n) is 0.849. The third-order valence-electron chi connectivity index (χ3n) is 1.42. The molecule has 0 bridgehead atoms. The average molecular weight is 216 g/mol. The number of hydrogen-bond donors (Lipinski definition) is 2.